The molecule has 0 amide bonds. The van der Waals surface area contributed by atoms with Crippen LogP contribution in [0.5, 0.6) is 5.75 Å². The summed E-state index contributed by atoms with van der Waals surface area (Å²) >= 11 is 0. The van der Waals surface area contributed by atoms with Crippen molar-refractivity contribution in [3.8, 4) is 5.75 Å². The van der Waals surface area contributed by atoms with Gasteiger partial charge in [0.1, 0.15) is 17.8 Å². The molecule has 190 valence electrons. The van der Waals surface area contributed by atoms with Crippen molar-refractivity contribution in [1.29, 1.82) is 0 Å². The van der Waals surface area contributed by atoms with Crippen molar-refractivity contribution >= 4 is 25.9 Å². The Morgan fingerprint density at radius 1 is 0.806 bits per heavy atom. The second-order valence-corrected chi connectivity index (χ2v) is 12.2. The topological polar surface area (TPSA) is 96.3 Å². The fourth-order valence-corrected chi connectivity index (χ4v) is 6.76. The van der Waals surface area contributed by atoms with Gasteiger partial charge in [-0.05, 0) is 62.7 Å². The summed E-state index contributed by atoms with van der Waals surface area (Å²) in [6.07, 6.45) is -0.779. The molecular formula is C26H29N3O5S2. The van der Waals surface area contributed by atoms with Crippen molar-refractivity contribution in [3.05, 3.63) is 89.5 Å². The maximum absolute atomic E-state index is 13.7. The van der Waals surface area contributed by atoms with Gasteiger partial charge < -0.3 is 9.64 Å². The van der Waals surface area contributed by atoms with E-state index in [1.807, 2.05) is 13.8 Å². The molecule has 3 aromatic rings. The van der Waals surface area contributed by atoms with Gasteiger partial charge in [0, 0.05) is 13.1 Å². The predicted octanol–water partition coefficient (Wildman–Crippen LogP) is 4.12. The average Bonchev–Trinajstić information content (AvgIpc) is 3.31. The first-order valence-electron chi connectivity index (χ1n) is 11.4. The van der Waals surface area contributed by atoms with Crippen LogP contribution >= 0.6 is 0 Å². The summed E-state index contributed by atoms with van der Waals surface area (Å²) in [5.41, 5.74) is 2.56. The predicted molar refractivity (Wildman–Crippen MR) is 139 cm³/mol. The van der Waals surface area contributed by atoms with Crippen molar-refractivity contribution in [1.82, 2.24) is 9.21 Å². The van der Waals surface area contributed by atoms with E-state index in [4.69, 9.17) is 4.74 Å². The van der Waals surface area contributed by atoms with Crippen LogP contribution in [0.2, 0.25) is 0 Å². The second-order valence-electron chi connectivity index (χ2n) is 8.70. The second kappa shape index (κ2) is 10.0. The van der Waals surface area contributed by atoms with Gasteiger partial charge in [0.05, 0.1) is 16.9 Å². The normalized spacial score (nSPS) is 17.4. The summed E-state index contributed by atoms with van der Waals surface area (Å²) in [6, 6.07) is 20.2. The van der Waals surface area contributed by atoms with E-state index in [1.54, 1.807) is 79.6 Å². The number of hydrogen-bond acceptors (Lipinski definition) is 5. The van der Waals surface area contributed by atoms with E-state index in [0.29, 0.717) is 11.3 Å². The quantitative estimate of drug-likeness (QED) is 0.353. The number of nitrogens with zero attached hydrogens (tertiary/aromatic N) is 3. The molecule has 1 aliphatic rings. The first kappa shape index (κ1) is 25.9. The minimum absolute atomic E-state index is 0.0803. The highest BCUT2D eigenvalue weighted by atomic mass is 32.2. The number of ether oxygens (including phenoxy) is 1. The summed E-state index contributed by atoms with van der Waals surface area (Å²) < 4.78 is 64.1. The minimum atomic E-state index is -3.98. The lowest BCUT2D eigenvalue weighted by Gasteiger charge is -2.31. The van der Waals surface area contributed by atoms with Gasteiger partial charge in [0.15, 0.2) is 0 Å². The Morgan fingerprint density at radius 2 is 1.33 bits per heavy atom. The van der Waals surface area contributed by atoms with Crippen LogP contribution in [0.25, 0.3) is 0 Å². The molecule has 0 aliphatic carbocycles. The number of rotatable bonds is 6. The molecule has 36 heavy (non-hydrogen) atoms. The summed E-state index contributed by atoms with van der Waals surface area (Å²) in [5, 5.41) is 0. The number of hydrogen-bond donors (Lipinski definition) is 0. The first-order valence-corrected chi connectivity index (χ1v) is 14.3. The van der Waals surface area contributed by atoms with Gasteiger partial charge in [-0.25, -0.2) is 8.42 Å². The molecule has 1 fully saturated rings. The molecule has 0 aromatic heterocycles. The van der Waals surface area contributed by atoms with Crippen LogP contribution in [0.1, 0.15) is 29.8 Å². The minimum Gasteiger partial charge on any atom is -0.497 e. The van der Waals surface area contributed by atoms with Gasteiger partial charge in [0.2, 0.25) is 10.0 Å². The zero-order valence-corrected chi connectivity index (χ0v) is 22.3. The van der Waals surface area contributed by atoms with Crippen molar-refractivity contribution in [3.63, 3.8) is 0 Å². The number of benzene rings is 3. The molecule has 1 heterocycles. The Kier molecular flexibility index (Phi) is 7.21. The Balaban J connectivity index is 1.76. The van der Waals surface area contributed by atoms with E-state index in [0.717, 1.165) is 11.1 Å². The third-order valence-electron chi connectivity index (χ3n) is 6.16. The summed E-state index contributed by atoms with van der Waals surface area (Å²) in [7, 11) is -6.31. The fourth-order valence-electron chi connectivity index (χ4n) is 4.15. The number of aryl methyl sites for hydroxylation is 2. The smallest absolute Gasteiger partial charge is 0.283 e. The molecule has 1 atom stereocenters. The van der Waals surface area contributed by atoms with Crippen LogP contribution in [-0.2, 0) is 20.0 Å². The van der Waals surface area contributed by atoms with Gasteiger partial charge >= 0.3 is 0 Å². The molecular weight excluding hydrogens is 498 g/mol. The Labute approximate surface area is 213 Å². The molecule has 0 N–H and O–H groups in total. The Hall–Kier alpha value is -3.21. The monoisotopic (exact) mass is 527 g/mol. The lowest BCUT2D eigenvalue weighted by atomic mass is 10.1. The van der Waals surface area contributed by atoms with Crippen molar-refractivity contribution in [2.45, 2.75) is 36.7 Å². The zero-order valence-electron chi connectivity index (χ0n) is 20.6. The van der Waals surface area contributed by atoms with Gasteiger partial charge in [-0.2, -0.15) is 12.7 Å². The largest absolute Gasteiger partial charge is 0.497 e. The zero-order chi connectivity index (χ0) is 26.1. The maximum Gasteiger partial charge on any atom is 0.283 e. The van der Waals surface area contributed by atoms with Crippen molar-refractivity contribution in [2.24, 2.45) is 4.40 Å². The molecule has 0 radical (unpaired) electrons. The molecule has 0 spiro atoms. The molecule has 10 heteroatoms. The first-order chi connectivity index (χ1) is 17.0. The molecule has 1 aliphatic heterocycles. The molecule has 1 unspecified atom stereocenters. The lowest BCUT2D eigenvalue weighted by molar-refractivity contribution is 0.284. The molecule has 1 saturated heterocycles. The molecule has 3 aromatic carbocycles. The highest BCUT2D eigenvalue weighted by molar-refractivity contribution is 7.90. The SMILES string of the molecule is COc1ccc(C2N(C(C)=NS(=O)(=O)c3ccc(C)cc3)CCN2S(=O)(=O)c2ccc(C)cc2)cc1. The van der Waals surface area contributed by atoms with Gasteiger partial charge in [-0.1, -0.05) is 47.5 Å². The fraction of sp³-hybridized carbons (Fsp3) is 0.269. The highest BCUT2D eigenvalue weighted by Gasteiger charge is 2.42. The maximum atomic E-state index is 13.7. The third-order valence-corrected chi connectivity index (χ3v) is 9.40. The van der Waals surface area contributed by atoms with Gasteiger partial charge in [0.25, 0.3) is 10.0 Å². The van der Waals surface area contributed by atoms with E-state index in [1.165, 1.54) is 16.4 Å². The van der Waals surface area contributed by atoms with Crippen LogP contribution in [-0.4, -0.2) is 52.1 Å². The Bertz CT molecular complexity index is 1470. The van der Waals surface area contributed by atoms with Crippen LogP contribution < -0.4 is 4.74 Å². The highest BCUT2D eigenvalue weighted by Crippen LogP contribution is 2.36. The Morgan fingerprint density at radius 3 is 1.86 bits per heavy atom. The van der Waals surface area contributed by atoms with E-state index in [9.17, 15) is 16.8 Å². The van der Waals surface area contributed by atoms with Gasteiger partial charge in [-0.3, -0.25) is 0 Å². The number of sulfonamides is 2. The van der Waals surface area contributed by atoms with Crippen molar-refractivity contribution in [2.75, 3.05) is 20.2 Å². The van der Waals surface area contributed by atoms with E-state index in [2.05, 4.69) is 4.40 Å². The van der Waals surface area contributed by atoms with E-state index < -0.39 is 26.2 Å². The van der Waals surface area contributed by atoms with Gasteiger partial charge in [-0.15, -0.1) is 4.40 Å². The standard InChI is InChI=1S/C26H29N3O5S2/c1-19-5-13-24(14-6-19)35(30,31)27-21(3)28-17-18-29(26(28)22-9-11-23(34-4)12-10-22)36(32,33)25-15-7-20(2)8-16-25/h5-16,26H,17-18H2,1-4H3. The molecule has 0 saturated carbocycles. The lowest BCUT2D eigenvalue weighted by Crippen LogP contribution is -2.37. The average molecular weight is 528 g/mol. The number of amidine groups is 1. The number of methoxy groups -OCH3 is 1. The molecule has 8 nitrogen and oxygen atoms in total. The summed E-state index contributed by atoms with van der Waals surface area (Å²) in [6.45, 7) is 5.80. The summed E-state index contributed by atoms with van der Waals surface area (Å²) in [4.78, 5) is 1.96. The summed E-state index contributed by atoms with van der Waals surface area (Å²) in [5.74, 6) is 0.835. The van der Waals surface area contributed by atoms with E-state index >= 15 is 0 Å². The molecule has 4 rings (SSSR count). The van der Waals surface area contributed by atoms with E-state index in [-0.39, 0.29) is 28.7 Å². The van der Waals surface area contributed by atoms with Crippen LogP contribution in [0.4, 0.5) is 0 Å². The third kappa shape index (κ3) is 5.16. The van der Waals surface area contributed by atoms with Crippen LogP contribution in [0, 0.1) is 13.8 Å². The van der Waals surface area contributed by atoms with Crippen LogP contribution in [0.3, 0.4) is 0 Å². The van der Waals surface area contributed by atoms with Crippen LogP contribution in [0.15, 0.2) is 87.0 Å². The van der Waals surface area contributed by atoms with Crippen molar-refractivity contribution < 1.29 is 21.6 Å². The molecule has 0 bridgehead atoms.